The molecule has 0 aliphatic rings. The molecular weight excluding hydrogens is 244 g/mol. The summed E-state index contributed by atoms with van der Waals surface area (Å²) < 4.78 is 28.0. The second kappa shape index (κ2) is 4.77. The highest BCUT2D eigenvalue weighted by atomic mass is 35.5. The number of hydrogen-bond acceptors (Lipinski definition) is 3. The summed E-state index contributed by atoms with van der Waals surface area (Å²) in [6, 6.07) is 3.59. The van der Waals surface area contributed by atoms with Crippen LogP contribution in [-0.4, -0.2) is 17.7 Å². The topological polar surface area (TPSA) is 70.3 Å². The van der Waals surface area contributed by atoms with Gasteiger partial charge in [-0.15, -0.1) is 0 Å². The summed E-state index contributed by atoms with van der Waals surface area (Å²) in [6.07, 6.45) is 0. The van der Waals surface area contributed by atoms with Crippen molar-refractivity contribution in [3.63, 3.8) is 0 Å². The molecule has 4 nitrogen and oxygen atoms in total. The van der Waals surface area contributed by atoms with Crippen LogP contribution in [0.2, 0.25) is 5.02 Å². The van der Waals surface area contributed by atoms with Gasteiger partial charge in [-0.25, -0.2) is 4.79 Å². The number of hydrogen-bond donors (Lipinski definition) is 1. The summed E-state index contributed by atoms with van der Waals surface area (Å²) in [7, 11) is 0. The predicted molar refractivity (Wildman–Crippen MR) is 49.8 cm³/mol. The van der Waals surface area contributed by atoms with Crippen molar-refractivity contribution in [2.75, 3.05) is 0 Å². The van der Waals surface area contributed by atoms with Crippen molar-refractivity contribution in [3.8, 4) is 11.8 Å². The molecule has 0 saturated carbocycles. The molecule has 0 fully saturated rings. The SMILES string of the molecule is N#Cc1cc(Cl)c(C(=O)O)c(OC(F)F)c1. The normalized spacial score (nSPS) is 9.94. The molecule has 0 atom stereocenters. The van der Waals surface area contributed by atoms with Crippen molar-refractivity contribution in [1.82, 2.24) is 0 Å². The van der Waals surface area contributed by atoms with E-state index in [4.69, 9.17) is 22.0 Å². The minimum absolute atomic E-state index is 0.0642. The number of ether oxygens (including phenoxy) is 1. The van der Waals surface area contributed by atoms with E-state index in [2.05, 4.69) is 4.74 Å². The molecule has 0 spiro atoms. The molecule has 1 aromatic rings. The van der Waals surface area contributed by atoms with Crippen LogP contribution in [-0.2, 0) is 0 Å². The van der Waals surface area contributed by atoms with Gasteiger partial charge in [-0.3, -0.25) is 0 Å². The molecule has 1 rings (SSSR count). The maximum atomic E-state index is 12.0. The highest BCUT2D eigenvalue weighted by Gasteiger charge is 2.20. The van der Waals surface area contributed by atoms with Crippen molar-refractivity contribution in [3.05, 3.63) is 28.3 Å². The Balaban J connectivity index is 3.35. The van der Waals surface area contributed by atoms with Crippen molar-refractivity contribution >= 4 is 17.6 Å². The van der Waals surface area contributed by atoms with Gasteiger partial charge in [-0.2, -0.15) is 14.0 Å². The van der Waals surface area contributed by atoms with Crippen LogP contribution in [0, 0.1) is 11.3 Å². The van der Waals surface area contributed by atoms with Crippen molar-refractivity contribution in [2.45, 2.75) is 6.61 Å². The molecule has 1 N–H and O–H groups in total. The number of nitrogens with zero attached hydrogens (tertiary/aromatic N) is 1. The Kier molecular flexibility index (Phi) is 3.64. The van der Waals surface area contributed by atoms with E-state index in [0.717, 1.165) is 12.1 Å². The summed E-state index contributed by atoms with van der Waals surface area (Å²) >= 11 is 5.53. The van der Waals surface area contributed by atoms with E-state index in [0.29, 0.717) is 0 Å². The van der Waals surface area contributed by atoms with Gasteiger partial charge in [0.15, 0.2) is 0 Å². The van der Waals surface area contributed by atoms with Gasteiger partial charge in [0.2, 0.25) is 0 Å². The molecule has 0 saturated heterocycles. The third-order valence-corrected chi connectivity index (χ3v) is 1.91. The van der Waals surface area contributed by atoms with Gasteiger partial charge in [-0.05, 0) is 12.1 Å². The van der Waals surface area contributed by atoms with E-state index in [1.54, 1.807) is 6.07 Å². The molecule has 0 radical (unpaired) electrons. The summed E-state index contributed by atoms with van der Waals surface area (Å²) in [5, 5.41) is 17.0. The van der Waals surface area contributed by atoms with Gasteiger partial charge >= 0.3 is 12.6 Å². The largest absolute Gasteiger partial charge is 0.478 e. The molecular formula is C9H4ClF2NO3. The van der Waals surface area contributed by atoms with Gasteiger partial charge < -0.3 is 9.84 Å². The lowest BCUT2D eigenvalue weighted by Crippen LogP contribution is -2.08. The lowest BCUT2D eigenvalue weighted by molar-refractivity contribution is -0.0503. The third-order valence-electron chi connectivity index (χ3n) is 1.61. The van der Waals surface area contributed by atoms with Crippen LogP contribution in [0.5, 0.6) is 5.75 Å². The molecule has 84 valence electrons. The molecule has 0 unspecified atom stereocenters. The molecule has 7 heteroatoms. The first-order valence-electron chi connectivity index (χ1n) is 3.87. The number of carbonyl (C=O) groups is 1. The number of halogens is 3. The number of alkyl halides is 2. The summed E-state index contributed by atoms with van der Waals surface area (Å²) in [6.45, 7) is -3.19. The van der Waals surface area contributed by atoms with Crippen LogP contribution in [0.25, 0.3) is 0 Å². The Morgan fingerprint density at radius 2 is 2.19 bits per heavy atom. The molecule has 0 aromatic heterocycles. The quantitative estimate of drug-likeness (QED) is 0.891. The van der Waals surface area contributed by atoms with Crippen molar-refractivity contribution in [1.29, 1.82) is 5.26 Å². The number of rotatable bonds is 3. The number of carboxylic acids is 1. The van der Waals surface area contributed by atoms with Crippen LogP contribution >= 0.6 is 11.6 Å². The maximum Gasteiger partial charge on any atom is 0.387 e. The Morgan fingerprint density at radius 1 is 1.56 bits per heavy atom. The fourth-order valence-corrected chi connectivity index (χ4v) is 1.33. The number of nitriles is 1. The molecule has 1 aromatic carbocycles. The van der Waals surface area contributed by atoms with E-state index >= 15 is 0 Å². The van der Waals surface area contributed by atoms with Gasteiger partial charge in [0.1, 0.15) is 11.3 Å². The minimum Gasteiger partial charge on any atom is -0.478 e. The summed E-state index contributed by atoms with van der Waals surface area (Å²) in [5.74, 6) is -2.14. The first-order chi connectivity index (χ1) is 7.45. The van der Waals surface area contributed by atoms with Gasteiger partial charge in [0.05, 0.1) is 16.7 Å². The smallest absolute Gasteiger partial charge is 0.387 e. The average Bonchev–Trinajstić information content (AvgIpc) is 2.14. The fraction of sp³-hybridized carbons (Fsp3) is 0.111. The second-order valence-corrected chi connectivity index (χ2v) is 3.03. The van der Waals surface area contributed by atoms with Crippen LogP contribution in [0.1, 0.15) is 15.9 Å². The first kappa shape index (κ1) is 12.2. The minimum atomic E-state index is -3.19. The molecule has 0 aliphatic carbocycles. The number of carboxylic acid groups (broad SMARTS) is 1. The Morgan fingerprint density at radius 3 is 2.62 bits per heavy atom. The zero-order chi connectivity index (χ0) is 12.3. The zero-order valence-electron chi connectivity index (χ0n) is 7.58. The lowest BCUT2D eigenvalue weighted by Gasteiger charge is -2.09. The van der Waals surface area contributed by atoms with Crippen LogP contribution in [0.15, 0.2) is 12.1 Å². The summed E-state index contributed by atoms with van der Waals surface area (Å²) in [4.78, 5) is 10.7. The van der Waals surface area contributed by atoms with Gasteiger partial charge in [-0.1, -0.05) is 11.6 Å². The molecule has 0 heterocycles. The molecule has 16 heavy (non-hydrogen) atoms. The maximum absolute atomic E-state index is 12.0. The second-order valence-electron chi connectivity index (χ2n) is 2.63. The Labute approximate surface area is 93.6 Å². The number of benzene rings is 1. The standard InChI is InChI=1S/C9H4ClF2NO3/c10-5-1-4(3-13)2-6(16-9(11)12)7(5)8(14)15/h1-2,9H,(H,14,15). The third kappa shape index (κ3) is 2.58. The monoisotopic (exact) mass is 247 g/mol. The van der Waals surface area contributed by atoms with Crippen LogP contribution in [0.4, 0.5) is 8.78 Å². The lowest BCUT2D eigenvalue weighted by atomic mass is 10.1. The average molecular weight is 248 g/mol. The summed E-state index contributed by atoms with van der Waals surface area (Å²) in [5.41, 5.74) is -0.661. The molecule has 0 bridgehead atoms. The van der Waals surface area contributed by atoms with Gasteiger partial charge in [0.25, 0.3) is 0 Å². The highest BCUT2D eigenvalue weighted by molar-refractivity contribution is 6.34. The predicted octanol–water partition coefficient (Wildman–Crippen LogP) is 2.51. The van der Waals surface area contributed by atoms with Crippen LogP contribution < -0.4 is 4.74 Å². The Hall–Kier alpha value is -1.87. The highest BCUT2D eigenvalue weighted by Crippen LogP contribution is 2.29. The van der Waals surface area contributed by atoms with E-state index in [-0.39, 0.29) is 10.6 Å². The number of aromatic carboxylic acids is 1. The van der Waals surface area contributed by atoms with Crippen molar-refractivity contribution in [2.24, 2.45) is 0 Å². The van der Waals surface area contributed by atoms with E-state index in [9.17, 15) is 13.6 Å². The van der Waals surface area contributed by atoms with E-state index < -0.39 is 23.9 Å². The Bertz CT molecular complexity index is 471. The van der Waals surface area contributed by atoms with E-state index in [1.807, 2.05) is 0 Å². The van der Waals surface area contributed by atoms with E-state index in [1.165, 1.54) is 0 Å². The van der Waals surface area contributed by atoms with Crippen molar-refractivity contribution < 1.29 is 23.4 Å². The molecule has 0 aliphatic heterocycles. The van der Waals surface area contributed by atoms with Crippen LogP contribution in [0.3, 0.4) is 0 Å². The zero-order valence-corrected chi connectivity index (χ0v) is 8.33. The molecule has 0 amide bonds. The first-order valence-corrected chi connectivity index (χ1v) is 4.25. The van der Waals surface area contributed by atoms with Gasteiger partial charge in [0, 0.05) is 0 Å². The fourth-order valence-electron chi connectivity index (χ4n) is 1.04.